The molecule has 0 spiro atoms. The molecule has 25 heavy (non-hydrogen) atoms. The van der Waals surface area contributed by atoms with E-state index < -0.39 is 0 Å². The first-order chi connectivity index (χ1) is 12.2. The monoisotopic (exact) mass is 341 g/mol. The minimum Gasteiger partial charge on any atom is -0.497 e. The number of hydrogen-bond donors (Lipinski definition) is 0. The maximum atomic E-state index is 11.4. The summed E-state index contributed by atoms with van der Waals surface area (Å²) in [5.74, 6) is 0.367. The number of rotatable bonds is 9. The molecule has 0 atom stereocenters. The first-order valence-corrected chi connectivity index (χ1v) is 7.70. The molecular weight excluding hydrogens is 318 g/mol. The molecule has 132 valence electrons. The molecule has 1 aromatic carbocycles. The first kappa shape index (κ1) is 20.0. The van der Waals surface area contributed by atoms with Crippen LogP contribution in [0.4, 0.5) is 0 Å². The highest BCUT2D eigenvalue weighted by Gasteiger charge is 2.06. The molecule has 0 saturated carbocycles. The molecule has 1 aromatic rings. The van der Waals surface area contributed by atoms with Gasteiger partial charge in [-0.25, -0.2) is 4.79 Å². The average Bonchev–Trinajstić information content (AvgIpc) is 2.66. The van der Waals surface area contributed by atoms with Gasteiger partial charge in [-0.3, -0.25) is 0 Å². The number of allylic oxidation sites excluding steroid dienone is 5. The zero-order chi connectivity index (χ0) is 18.5. The van der Waals surface area contributed by atoms with Crippen LogP contribution >= 0.6 is 0 Å². The SMILES string of the molecule is C=C/C(=N\OC/C=C/C=C(\C=C/C)OC)c1ccc(C(=O)OC)cc1. The number of hydrogen-bond acceptors (Lipinski definition) is 5. The molecule has 0 aliphatic carbocycles. The van der Waals surface area contributed by atoms with Crippen LogP contribution in [0.25, 0.3) is 0 Å². The van der Waals surface area contributed by atoms with Crippen LogP contribution in [-0.2, 0) is 14.3 Å². The summed E-state index contributed by atoms with van der Waals surface area (Å²) in [4.78, 5) is 16.7. The van der Waals surface area contributed by atoms with E-state index in [0.29, 0.717) is 17.9 Å². The summed E-state index contributed by atoms with van der Waals surface area (Å²) in [6, 6.07) is 6.85. The number of benzene rings is 1. The molecule has 0 aliphatic rings. The summed E-state index contributed by atoms with van der Waals surface area (Å²) >= 11 is 0. The Balaban J connectivity index is 2.65. The van der Waals surface area contributed by atoms with Gasteiger partial charge in [0.15, 0.2) is 0 Å². The molecule has 5 heteroatoms. The molecule has 0 radical (unpaired) electrons. The molecule has 0 aliphatic heterocycles. The lowest BCUT2D eigenvalue weighted by molar-refractivity contribution is 0.0600. The highest BCUT2D eigenvalue weighted by Crippen LogP contribution is 2.08. The lowest BCUT2D eigenvalue weighted by Crippen LogP contribution is -2.03. The normalized spacial score (nSPS) is 12.4. The van der Waals surface area contributed by atoms with Gasteiger partial charge in [0.2, 0.25) is 0 Å². The highest BCUT2D eigenvalue weighted by molar-refractivity contribution is 6.08. The van der Waals surface area contributed by atoms with E-state index in [9.17, 15) is 4.79 Å². The minimum absolute atomic E-state index is 0.306. The number of oxime groups is 1. The number of nitrogens with zero attached hydrogens (tertiary/aromatic N) is 1. The van der Waals surface area contributed by atoms with Crippen molar-refractivity contribution in [1.29, 1.82) is 0 Å². The Morgan fingerprint density at radius 1 is 1.16 bits per heavy atom. The standard InChI is InChI=1S/C20H23NO4/c1-5-9-18(23-3)10-7-8-15-25-21-19(6-2)16-11-13-17(14-12-16)20(22)24-4/h5-14H,2,15H2,1,3-4H3/b8-7+,9-5-,18-10+,21-19+. The van der Waals surface area contributed by atoms with Gasteiger partial charge in [0, 0.05) is 5.56 Å². The van der Waals surface area contributed by atoms with E-state index in [1.54, 1.807) is 37.5 Å². The fraction of sp³-hybridized carbons (Fsp3) is 0.200. The van der Waals surface area contributed by atoms with E-state index >= 15 is 0 Å². The van der Waals surface area contributed by atoms with Crippen LogP contribution in [0.3, 0.4) is 0 Å². The van der Waals surface area contributed by atoms with Crippen LogP contribution in [0.1, 0.15) is 22.8 Å². The van der Waals surface area contributed by atoms with E-state index in [1.165, 1.54) is 7.11 Å². The third-order valence-corrected chi connectivity index (χ3v) is 3.09. The predicted octanol–water partition coefficient (Wildman–Crippen LogP) is 4.04. The van der Waals surface area contributed by atoms with Crippen molar-refractivity contribution in [1.82, 2.24) is 0 Å². The maximum Gasteiger partial charge on any atom is 0.337 e. The summed E-state index contributed by atoms with van der Waals surface area (Å²) in [7, 11) is 2.96. The molecule has 0 bridgehead atoms. The molecule has 0 unspecified atom stereocenters. The van der Waals surface area contributed by atoms with Gasteiger partial charge in [-0.15, -0.1) is 0 Å². The van der Waals surface area contributed by atoms with Gasteiger partial charge in [-0.1, -0.05) is 36.0 Å². The summed E-state index contributed by atoms with van der Waals surface area (Å²) in [5, 5.41) is 4.05. The van der Waals surface area contributed by atoms with Crippen molar-refractivity contribution in [2.45, 2.75) is 6.92 Å². The van der Waals surface area contributed by atoms with Gasteiger partial charge < -0.3 is 14.3 Å². The minimum atomic E-state index is -0.383. The number of carbonyl (C=O) groups is 1. The molecule has 1 rings (SSSR count). The van der Waals surface area contributed by atoms with Crippen LogP contribution in [0.15, 0.2) is 78.2 Å². The molecule has 0 heterocycles. The molecule has 0 aromatic heterocycles. The van der Waals surface area contributed by atoms with Crippen molar-refractivity contribution in [3.05, 3.63) is 84.2 Å². The maximum absolute atomic E-state index is 11.4. The summed E-state index contributed by atoms with van der Waals surface area (Å²) in [5.41, 5.74) is 1.84. The van der Waals surface area contributed by atoms with E-state index in [0.717, 1.165) is 11.3 Å². The molecule has 0 N–H and O–H groups in total. The van der Waals surface area contributed by atoms with Gasteiger partial charge >= 0.3 is 5.97 Å². The molecule has 5 nitrogen and oxygen atoms in total. The second-order valence-corrected chi connectivity index (χ2v) is 4.75. The van der Waals surface area contributed by atoms with Crippen LogP contribution in [0, 0.1) is 0 Å². The Morgan fingerprint density at radius 2 is 1.84 bits per heavy atom. The van der Waals surface area contributed by atoms with Crippen molar-refractivity contribution in [2.75, 3.05) is 20.8 Å². The third-order valence-electron chi connectivity index (χ3n) is 3.09. The quantitative estimate of drug-likeness (QED) is 0.170. The lowest BCUT2D eigenvalue weighted by atomic mass is 10.1. The van der Waals surface area contributed by atoms with Crippen molar-refractivity contribution < 1.29 is 19.1 Å². The van der Waals surface area contributed by atoms with Gasteiger partial charge in [-0.2, -0.15) is 0 Å². The fourth-order valence-corrected chi connectivity index (χ4v) is 1.83. The van der Waals surface area contributed by atoms with Crippen molar-refractivity contribution in [2.24, 2.45) is 5.16 Å². The zero-order valence-electron chi connectivity index (χ0n) is 14.8. The predicted molar refractivity (Wildman–Crippen MR) is 99.5 cm³/mol. The molecule has 0 amide bonds. The van der Waals surface area contributed by atoms with E-state index in [1.807, 2.05) is 37.3 Å². The Morgan fingerprint density at radius 3 is 2.40 bits per heavy atom. The van der Waals surface area contributed by atoms with Crippen LogP contribution in [0.5, 0.6) is 0 Å². The molecule has 0 saturated heterocycles. The highest BCUT2D eigenvalue weighted by atomic mass is 16.6. The smallest absolute Gasteiger partial charge is 0.337 e. The van der Waals surface area contributed by atoms with Crippen LogP contribution in [0.2, 0.25) is 0 Å². The third kappa shape index (κ3) is 6.91. The number of esters is 1. The fourth-order valence-electron chi connectivity index (χ4n) is 1.83. The molecular formula is C20H23NO4. The second-order valence-electron chi connectivity index (χ2n) is 4.75. The van der Waals surface area contributed by atoms with Gasteiger partial charge in [-0.05, 0) is 43.4 Å². The summed E-state index contributed by atoms with van der Waals surface area (Å²) < 4.78 is 9.82. The number of carbonyl (C=O) groups excluding carboxylic acids is 1. The van der Waals surface area contributed by atoms with E-state index in [4.69, 9.17) is 9.57 Å². The molecule has 0 fully saturated rings. The van der Waals surface area contributed by atoms with Crippen LogP contribution < -0.4 is 0 Å². The van der Waals surface area contributed by atoms with Gasteiger partial charge in [0.05, 0.1) is 19.8 Å². The van der Waals surface area contributed by atoms with E-state index in [-0.39, 0.29) is 5.97 Å². The van der Waals surface area contributed by atoms with Crippen molar-refractivity contribution >= 4 is 11.7 Å². The largest absolute Gasteiger partial charge is 0.497 e. The summed E-state index contributed by atoms with van der Waals surface area (Å²) in [6.45, 7) is 5.95. The Labute approximate surface area is 148 Å². The van der Waals surface area contributed by atoms with E-state index in [2.05, 4.69) is 16.5 Å². The number of methoxy groups -OCH3 is 2. The van der Waals surface area contributed by atoms with Crippen molar-refractivity contribution in [3.63, 3.8) is 0 Å². The first-order valence-electron chi connectivity index (χ1n) is 7.70. The summed E-state index contributed by atoms with van der Waals surface area (Å²) in [6.07, 6.45) is 10.8. The average molecular weight is 341 g/mol. The Bertz CT molecular complexity index is 682. The Hall–Kier alpha value is -3.08. The topological polar surface area (TPSA) is 57.1 Å². The second kappa shape index (κ2) is 11.5. The lowest BCUT2D eigenvalue weighted by Gasteiger charge is -2.03. The van der Waals surface area contributed by atoms with Gasteiger partial charge in [0.1, 0.15) is 18.1 Å². The number of ether oxygens (including phenoxy) is 2. The van der Waals surface area contributed by atoms with Gasteiger partial charge in [0.25, 0.3) is 0 Å². The van der Waals surface area contributed by atoms with Crippen LogP contribution in [-0.4, -0.2) is 32.5 Å². The zero-order valence-corrected chi connectivity index (χ0v) is 14.8. The van der Waals surface area contributed by atoms with Crippen molar-refractivity contribution in [3.8, 4) is 0 Å². The Kier molecular flexibility index (Phi) is 9.15.